The quantitative estimate of drug-likeness (QED) is 0.783. The van der Waals surface area contributed by atoms with Crippen molar-refractivity contribution in [3.63, 3.8) is 0 Å². The Morgan fingerprint density at radius 2 is 1.89 bits per heavy atom. The zero-order valence-corrected chi connectivity index (χ0v) is 16.5. The smallest absolute Gasteiger partial charge is 0.225 e. The summed E-state index contributed by atoms with van der Waals surface area (Å²) in [4.78, 5) is 17.9. The fourth-order valence-corrected chi connectivity index (χ4v) is 4.51. The number of hydrogen-bond acceptors (Lipinski definition) is 4. The van der Waals surface area contributed by atoms with Crippen molar-refractivity contribution < 1.29 is 9.53 Å². The number of anilines is 1. The van der Waals surface area contributed by atoms with E-state index in [1.165, 1.54) is 16.8 Å². The number of piperazine rings is 1. The SMILES string of the molecule is COCCNC(=O)[C@@H]1Cc2ccccc2N2CCN(Cc3ccccc3)C[C@@H]12. The summed E-state index contributed by atoms with van der Waals surface area (Å²) in [7, 11) is 1.66. The molecule has 0 aromatic heterocycles. The number of ether oxygens (including phenoxy) is 1. The number of nitrogens with one attached hydrogen (secondary N) is 1. The van der Waals surface area contributed by atoms with Gasteiger partial charge in [-0.15, -0.1) is 0 Å². The third-order valence-corrected chi connectivity index (χ3v) is 5.90. The standard InChI is InChI=1S/C23H29N3O2/c1-28-14-11-24-23(27)20-15-19-9-5-6-10-21(19)26-13-12-25(17-22(20)26)16-18-7-3-2-4-8-18/h2-10,20,22H,11-17H2,1H3,(H,24,27)/t20-,22+/m1/s1. The van der Waals surface area contributed by atoms with Crippen LogP contribution in [0.4, 0.5) is 5.69 Å². The molecule has 1 fully saturated rings. The Morgan fingerprint density at radius 1 is 1.11 bits per heavy atom. The molecule has 1 N–H and O–H groups in total. The minimum atomic E-state index is -0.0367. The lowest BCUT2D eigenvalue weighted by molar-refractivity contribution is -0.126. The van der Waals surface area contributed by atoms with Gasteiger partial charge in [-0.1, -0.05) is 48.5 Å². The van der Waals surface area contributed by atoms with E-state index in [1.54, 1.807) is 7.11 Å². The Morgan fingerprint density at radius 3 is 2.71 bits per heavy atom. The Kier molecular flexibility index (Phi) is 5.93. The second-order valence-electron chi connectivity index (χ2n) is 7.70. The lowest BCUT2D eigenvalue weighted by Gasteiger charge is -2.49. The molecular formula is C23H29N3O2. The average molecular weight is 380 g/mol. The Hall–Kier alpha value is -2.37. The number of nitrogens with zero attached hydrogens (tertiary/aromatic N) is 2. The number of carbonyl (C=O) groups excluding carboxylic acids is 1. The first-order chi connectivity index (χ1) is 13.8. The topological polar surface area (TPSA) is 44.8 Å². The minimum absolute atomic E-state index is 0.0367. The largest absolute Gasteiger partial charge is 0.383 e. The van der Waals surface area contributed by atoms with Crippen LogP contribution in [0, 0.1) is 5.92 Å². The molecule has 2 aliphatic rings. The van der Waals surface area contributed by atoms with E-state index in [4.69, 9.17) is 4.74 Å². The van der Waals surface area contributed by atoms with Gasteiger partial charge < -0.3 is 15.0 Å². The predicted molar refractivity (Wildman–Crippen MR) is 111 cm³/mol. The molecule has 2 heterocycles. The molecule has 4 rings (SSSR count). The highest BCUT2D eigenvalue weighted by Crippen LogP contribution is 2.36. The van der Waals surface area contributed by atoms with Crippen molar-refractivity contribution in [2.24, 2.45) is 5.92 Å². The van der Waals surface area contributed by atoms with Gasteiger partial charge in [0.2, 0.25) is 5.91 Å². The Labute approximate surface area is 167 Å². The van der Waals surface area contributed by atoms with Crippen LogP contribution in [0.15, 0.2) is 54.6 Å². The summed E-state index contributed by atoms with van der Waals surface area (Å²) in [5, 5.41) is 3.07. The van der Waals surface area contributed by atoms with Crippen molar-refractivity contribution in [3.8, 4) is 0 Å². The molecule has 0 radical (unpaired) electrons. The van der Waals surface area contributed by atoms with Crippen LogP contribution in [-0.2, 0) is 22.5 Å². The number of methoxy groups -OCH3 is 1. The summed E-state index contributed by atoms with van der Waals surface area (Å²) in [6, 6.07) is 19.3. The highest BCUT2D eigenvalue weighted by molar-refractivity contribution is 5.82. The maximum atomic E-state index is 13.0. The normalized spacial score (nSPS) is 21.7. The highest BCUT2D eigenvalue weighted by atomic mass is 16.5. The van der Waals surface area contributed by atoms with E-state index in [0.29, 0.717) is 13.2 Å². The van der Waals surface area contributed by atoms with Gasteiger partial charge >= 0.3 is 0 Å². The predicted octanol–water partition coefficient (Wildman–Crippen LogP) is 2.31. The van der Waals surface area contributed by atoms with Crippen molar-refractivity contribution in [2.75, 3.05) is 44.8 Å². The Bertz CT molecular complexity index is 795. The number of hydrogen-bond donors (Lipinski definition) is 1. The van der Waals surface area contributed by atoms with E-state index in [0.717, 1.165) is 32.6 Å². The number of carbonyl (C=O) groups is 1. The number of fused-ring (bicyclic) bond motifs is 3. The molecule has 0 spiro atoms. The molecule has 28 heavy (non-hydrogen) atoms. The Balaban J connectivity index is 1.53. The average Bonchev–Trinajstić information content (AvgIpc) is 2.74. The molecule has 1 saturated heterocycles. The summed E-state index contributed by atoms with van der Waals surface area (Å²) in [5.74, 6) is 0.105. The van der Waals surface area contributed by atoms with Crippen LogP contribution in [0.5, 0.6) is 0 Å². The van der Waals surface area contributed by atoms with E-state index in [-0.39, 0.29) is 17.9 Å². The van der Waals surface area contributed by atoms with E-state index >= 15 is 0 Å². The third kappa shape index (κ3) is 4.05. The van der Waals surface area contributed by atoms with Gasteiger partial charge in [0.15, 0.2) is 0 Å². The molecule has 0 saturated carbocycles. The lowest BCUT2D eigenvalue weighted by atomic mass is 9.83. The van der Waals surface area contributed by atoms with Gasteiger partial charge in [-0.25, -0.2) is 0 Å². The fraction of sp³-hybridized carbons (Fsp3) is 0.435. The van der Waals surface area contributed by atoms with Crippen LogP contribution < -0.4 is 10.2 Å². The summed E-state index contributed by atoms with van der Waals surface area (Å²) in [6.45, 7) is 4.92. The van der Waals surface area contributed by atoms with Crippen molar-refractivity contribution in [2.45, 2.75) is 19.0 Å². The third-order valence-electron chi connectivity index (χ3n) is 5.90. The van der Waals surface area contributed by atoms with Crippen LogP contribution in [0.2, 0.25) is 0 Å². The maximum Gasteiger partial charge on any atom is 0.225 e. The van der Waals surface area contributed by atoms with Crippen molar-refractivity contribution in [1.82, 2.24) is 10.2 Å². The van der Waals surface area contributed by atoms with Crippen molar-refractivity contribution in [3.05, 3.63) is 65.7 Å². The maximum absolute atomic E-state index is 13.0. The molecule has 5 heteroatoms. The van der Waals surface area contributed by atoms with Gasteiger partial charge in [0, 0.05) is 45.5 Å². The first-order valence-corrected chi connectivity index (χ1v) is 10.1. The molecule has 5 nitrogen and oxygen atoms in total. The number of benzene rings is 2. The molecule has 0 unspecified atom stereocenters. The van der Waals surface area contributed by atoms with Crippen molar-refractivity contribution >= 4 is 11.6 Å². The molecule has 2 atom stereocenters. The zero-order chi connectivity index (χ0) is 19.3. The van der Waals surface area contributed by atoms with Gasteiger partial charge in [-0.3, -0.25) is 9.69 Å². The van der Waals surface area contributed by atoms with Gasteiger partial charge in [-0.2, -0.15) is 0 Å². The van der Waals surface area contributed by atoms with Gasteiger partial charge in [0.05, 0.1) is 18.6 Å². The molecule has 0 aliphatic carbocycles. The second kappa shape index (κ2) is 8.76. The number of rotatable bonds is 6. The molecular weight excluding hydrogens is 350 g/mol. The van der Waals surface area contributed by atoms with E-state index in [2.05, 4.69) is 69.7 Å². The minimum Gasteiger partial charge on any atom is -0.383 e. The van der Waals surface area contributed by atoms with Gasteiger partial charge in [0.25, 0.3) is 0 Å². The van der Waals surface area contributed by atoms with Crippen LogP contribution in [0.25, 0.3) is 0 Å². The monoisotopic (exact) mass is 379 g/mol. The molecule has 0 bridgehead atoms. The summed E-state index contributed by atoms with van der Waals surface area (Å²) in [5.41, 5.74) is 3.91. The van der Waals surface area contributed by atoms with Gasteiger partial charge in [-0.05, 0) is 23.6 Å². The molecule has 2 aromatic rings. The van der Waals surface area contributed by atoms with Crippen LogP contribution in [0.1, 0.15) is 11.1 Å². The molecule has 148 valence electrons. The molecule has 2 aliphatic heterocycles. The highest BCUT2D eigenvalue weighted by Gasteiger charge is 2.41. The number of amides is 1. The second-order valence-corrected chi connectivity index (χ2v) is 7.70. The lowest BCUT2D eigenvalue weighted by Crippen LogP contribution is -2.61. The first kappa shape index (κ1) is 19.0. The summed E-state index contributed by atoms with van der Waals surface area (Å²) < 4.78 is 5.09. The van der Waals surface area contributed by atoms with E-state index < -0.39 is 0 Å². The van der Waals surface area contributed by atoms with Crippen LogP contribution >= 0.6 is 0 Å². The first-order valence-electron chi connectivity index (χ1n) is 10.1. The van der Waals surface area contributed by atoms with E-state index in [9.17, 15) is 4.79 Å². The van der Waals surface area contributed by atoms with Gasteiger partial charge in [0.1, 0.15) is 0 Å². The van der Waals surface area contributed by atoms with Crippen LogP contribution in [-0.4, -0.2) is 56.7 Å². The zero-order valence-electron chi connectivity index (χ0n) is 16.5. The van der Waals surface area contributed by atoms with E-state index in [1.807, 2.05) is 0 Å². The summed E-state index contributed by atoms with van der Waals surface area (Å²) in [6.07, 6.45) is 0.801. The molecule has 1 amide bonds. The fourth-order valence-electron chi connectivity index (χ4n) is 4.51. The summed E-state index contributed by atoms with van der Waals surface area (Å²) >= 11 is 0. The van der Waals surface area contributed by atoms with Crippen LogP contribution in [0.3, 0.4) is 0 Å². The van der Waals surface area contributed by atoms with Crippen molar-refractivity contribution in [1.29, 1.82) is 0 Å². The molecule has 2 aromatic carbocycles. The number of para-hydroxylation sites is 1.